The number of thioether (sulfide) groups is 1. The first-order chi connectivity index (χ1) is 8.58. The molecule has 102 valence electrons. The van der Waals surface area contributed by atoms with Crippen molar-refractivity contribution in [1.29, 1.82) is 0 Å². The number of nitrogens with two attached hydrogens (primary N) is 1. The molecule has 1 atom stereocenters. The van der Waals surface area contributed by atoms with Gasteiger partial charge >= 0.3 is 0 Å². The van der Waals surface area contributed by atoms with Gasteiger partial charge in [-0.25, -0.2) is 5.84 Å². The summed E-state index contributed by atoms with van der Waals surface area (Å²) in [7, 11) is 2.02. The van der Waals surface area contributed by atoms with Gasteiger partial charge in [0.2, 0.25) is 0 Å². The molecule has 0 fully saturated rings. The summed E-state index contributed by atoms with van der Waals surface area (Å²) in [5, 5.41) is 3.66. The lowest BCUT2D eigenvalue weighted by Crippen LogP contribution is -2.30. The van der Waals surface area contributed by atoms with E-state index in [0.717, 1.165) is 12.2 Å². The summed E-state index contributed by atoms with van der Waals surface area (Å²) in [5.74, 6) is 6.37. The summed E-state index contributed by atoms with van der Waals surface area (Å²) in [5.41, 5.74) is 2.23. The molecule has 7 heteroatoms. The highest BCUT2D eigenvalue weighted by atomic mass is 32.2. The van der Waals surface area contributed by atoms with Gasteiger partial charge in [0.25, 0.3) is 5.91 Å². The summed E-state index contributed by atoms with van der Waals surface area (Å²) < 4.78 is 5.10. The fourth-order valence-electron chi connectivity index (χ4n) is 1.48. The molecule has 0 bridgehead atoms. The molecule has 0 saturated heterocycles. The van der Waals surface area contributed by atoms with Crippen molar-refractivity contribution in [3.63, 3.8) is 0 Å². The smallest absolute Gasteiger partial charge is 0.287 e. The molecule has 1 rings (SSSR count). The van der Waals surface area contributed by atoms with Gasteiger partial charge in [0.05, 0.1) is 6.54 Å². The molecule has 1 aromatic heterocycles. The SMILES string of the molecule is CSCCC(C)N(C)Cc1cc(C(=O)NN)no1. The van der Waals surface area contributed by atoms with E-state index in [1.54, 1.807) is 6.07 Å². The minimum Gasteiger partial charge on any atom is -0.359 e. The minimum absolute atomic E-state index is 0.206. The average molecular weight is 272 g/mol. The Kier molecular flexibility index (Phi) is 6.17. The highest BCUT2D eigenvalue weighted by molar-refractivity contribution is 7.98. The van der Waals surface area contributed by atoms with Crippen molar-refractivity contribution >= 4 is 17.7 Å². The van der Waals surface area contributed by atoms with Crippen molar-refractivity contribution in [1.82, 2.24) is 15.5 Å². The Morgan fingerprint density at radius 3 is 3.06 bits per heavy atom. The van der Waals surface area contributed by atoms with Gasteiger partial charge in [0.1, 0.15) is 0 Å². The van der Waals surface area contributed by atoms with Gasteiger partial charge in [-0.3, -0.25) is 15.1 Å². The van der Waals surface area contributed by atoms with E-state index in [2.05, 4.69) is 23.2 Å². The summed E-state index contributed by atoms with van der Waals surface area (Å²) >= 11 is 1.84. The highest BCUT2D eigenvalue weighted by Gasteiger charge is 2.15. The number of amides is 1. The van der Waals surface area contributed by atoms with Gasteiger partial charge in [-0.15, -0.1) is 0 Å². The number of nitrogens with one attached hydrogen (secondary N) is 1. The van der Waals surface area contributed by atoms with Crippen LogP contribution < -0.4 is 11.3 Å². The third kappa shape index (κ3) is 4.32. The Labute approximate surface area is 111 Å². The van der Waals surface area contributed by atoms with E-state index in [1.165, 1.54) is 0 Å². The Morgan fingerprint density at radius 1 is 1.72 bits per heavy atom. The van der Waals surface area contributed by atoms with Crippen molar-refractivity contribution in [2.75, 3.05) is 19.1 Å². The van der Waals surface area contributed by atoms with E-state index in [4.69, 9.17) is 10.4 Å². The molecule has 0 aromatic carbocycles. The molecule has 0 aliphatic heterocycles. The Morgan fingerprint density at radius 2 is 2.44 bits per heavy atom. The Hall–Kier alpha value is -1.05. The van der Waals surface area contributed by atoms with E-state index < -0.39 is 5.91 Å². The zero-order valence-corrected chi connectivity index (χ0v) is 11.8. The Bertz CT molecular complexity index is 383. The first-order valence-corrected chi connectivity index (χ1v) is 7.13. The van der Waals surface area contributed by atoms with Crippen LogP contribution in [0.15, 0.2) is 10.6 Å². The number of aromatic nitrogens is 1. The Balaban J connectivity index is 2.51. The second kappa shape index (κ2) is 7.40. The van der Waals surface area contributed by atoms with Crippen LogP contribution in [-0.2, 0) is 6.54 Å². The maximum absolute atomic E-state index is 11.2. The molecule has 3 N–H and O–H groups in total. The second-order valence-electron chi connectivity index (χ2n) is 4.20. The maximum Gasteiger partial charge on any atom is 0.287 e. The molecule has 0 aliphatic carbocycles. The number of carbonyl (C=O) groups is 1. The largest absolute Gasteiger partial charge is 0.359 e. The lowest BCUT2D eigenvalue weighted by Gasteiger charge is -2.22. The van der Waals surface area contributed by atoms with Crippen molar-refractivity contribution in [2.24, 2.45) is 5.84 Å². The summed E-state index contributed by atoms with van der Waals surface area (Å²) in [4.78, 5) is 13.4. The van der Waals surface area contributed by atoms with Crippen molar-refractivity contribution in [3.05, 3.63) is 17.5 Å². The second-order valence-corrected chi connectivity index (χ2v) is 5.18. The van der Waals surface area contributed by atoms with E-state index in [1.807, 2.05) is 24.2 Å². The third-order valence-electron chi connectivity index (χ3n) is 2.82. The van der Waals surface area contributed by atoms with Gasteiger partial charge in [-0.1, -0.05) is 5.16 Å². The summed E-state index contributed by atoms with van der Waals surface area (Å²) in [6.07, 6.45) is 3.21. The molecular weight excluding hydrogens is 252 g/mol. The van der Waals surface area contributed by atoms with Crippen LogP contribution in [0.4, 0.5) is 0 Å². The number of hydrazine groups is 1. The van der Waals surface area contributed by atoms with Crippen LogP contribution in [0.3, 0.4) is 0 Å². The van der Waals surface area contributed by atoms with Crippen molar-refractivity contribution < 1.29 is 9.32 Å². The van der Waals surface area contributed by atoms with E-state index in [-0.39, 0.29) is 5.69 Å². The first kappa shape index (κ1) is 15.0. The van der Waals surface area contributed by atoms with Crippen molar-refractivity contribution in [3.8, 4) is 0 Å². The molecule has 0 aliphatic rings. The molecule has 1 unspecified atom stereocenters. The van der Waals surface area contributed by atoms with Gasteiger partial charge < -0.3 is 4.52 Å². The van der Waals surface area contributed by atoms with Crippen LogP contribution >= 0.6 is 11.8 Å². The number of rotatable bonds is 7. The highest BCUT2D eigenvalue weighted by Crippen LogP contribution is 2.11. The van der Waals surface area contributed by atoms with E-state index >= 15 is 0 Å². The third-order valence-corrected chi connectivity index (χ3v) is 3.46. The predicted octanol–water partition coefficient (Wildman–Crippen LogP) is 0.851. The maximum atomic E-state index is 11.2. The monoisotopic (exact) mass is 272 g/mol. The first-order valence-electron chi connectivity index (χ1n) is 5.74. The van der Waals surface area contributed by atoms with Crippen LogP contribution in [0.2, 0.25) is 0 Å². The van der Waals surface area contributed by atoms with Gasteiger partial charge in [-0.05, 0) is 32.4 Å². The molecule has 18 heavy (non-hydrogen) atoms. The topological polar surface area (TPSA) is 84.4 Å². The fourth-order valence-corrected chi connectivity index (χ4v) is 2.06. The molecule has 1 amide bonds. The van der Waals surface area contributed by atoms with Crippen LogP contribution in [0.25, 0.3) is 0 Å². The zero-order valence-electron chi connectivity index (χ0n) is 11.0. The predicted molar refractivity (Wildman–Crippen MR) is 72.1 cm³/mol. The number of nitrogens with zero attached hydrogens (tertiary/aromatic N) is 2. The summed E-state index contributed by atoms with van der Waals surface area (Å²) in [6.45, 7) is 2.79. The zero-order chi connectivity index (χ0) is 13.5. The number of nitrogen functional groups attached to an aromatic ring is 1. The molecule has 0 spiro atoms. The van der Waals surface area contributed by atoms with Crippen LogP contribution in [-0.4, -0.2) is 41.1 Å². The lowest BCUT2D eigenvalue weighted by atomic mass is 10.2. The van der Waals surface area contributed by atoms with Crippen molar-refractivity contribution in [2.45, 2.75) is 25.9 Å². The summed E-state index contributed by atoms with van der Waals surface area (Å²) in [6, 6.07) is 2.06. The molecular formula is C11H20N4O2S. The van der Waals surface area contributed by atoms with E-state index in [9.17, 15) is 4.79 Å². The number of hydrogen-bond acceptors (Lipinski definition) is 6. The molecule has 1 heterocycles. The van der Waals surface area contributed by atoms with Crippen LogP contribution in [0.5, 0.6) is 0 Å². The van der Waals surface area contributed by atoms with Gasteiger partial charge in [-0.2, -0.15) is 11.8 Å². The van der Waals surface area contributed by atoms with Gasteiger partial charge in [0.15, 0.2) is 11.5 Å². The van der Waals surface area contributed by atoms with E-state index in [0.29, 0.717) is 18.3 Å². The molecule has 0 radical (unpaired) electrons. The van der Waals surface area contributed by atoms with Crippen LogP contribution in [0, 0.1) is 0 Å². The number of carbonyl (C=O) groups excluding carboxylic acids is 1. The molecule has 1 aromatic rings. The number of hydrogen-bond donors (Lipinski definition) is 2. The average Bonchev–Trinajstić information content (AvgIpc) is 2.83. The minimum atomic E-state index is -0.442. The van der Waals surface area contributed by atoms with Gasteiger partial charge in [0, 0.05) is 12.1 Å². The standard InChI is InChI=1S/C11H20N4O2S/c1-8(4-5-18-3)15(2)7-9-6-10(14-17-9)11(16)13-12/h6,8H,4-5,7,12H2,1-3H3,(H,13,16). The normalized spacial score (nSPS) is 12.7. The molecule has 6 nitrogen and oxygen atoms in total. The fraction of sp³-hybridized carbons (Fsp3) is 0.636. The molecule has 0 saturated carbocycles. The van der Waals surface area contributed by atoms with Crippen LogP contribution in [0.1, 0.15) is 29.6 Å². The quantitative estimate of drug-likeness (QED) is 0.435. The lowest BCUT2D eigenvalue weighted by molar-refractivity contribution is 0.0944.